The number of sulfonamides is 1. The number of hydrogen-bond acceptors (Lipinski definition) is 6. The van der Waals surface area contributed by atoms with Crippen LogP contribution in [0.3, 0.4) is 0 Å². The topological polar surface area (TPSA) is 71.0 Å². The van der Waals surface area contributed by atoms with Crippen molar-refractivity contribution in [3.05, 3.63) is 11.3 Å². The quantitative estimate of drug-likeness (QED) is 0.494. The van der Waals surface area contributed by atoms with Crippen LogP contribution in [-0.4, -0.2) is 67.8 Å². The maximum atomic E-state index is 12.8. The van der Waals surface area contributed by atoms with Gasteiger partial charge in [0, 0.05) is 30.1 Å². The predicted octanol–water partition coefficient (Wildman–Crippen LogP) is 4.29. The zero-order chi connectivity index (χ0) is 23.9. The Balaban J connectivity index is 1.97. The number of fused-ring (bicyclic) bond motifs is 1. The molecule has 0 saturated carbocycles. The summed E-state index contributed by atoms with van der Waals surface area (Å²) in [5.74, 6) is 3.74. The maximum absolute atomic E-state index is 12.8. The van der Waals surface area contributed by atoms with Crippen LogP contribution in [0.5, 0.6) is 0 Å². The fraction of sp³-hybridized carbons (Fsp3) is 0.875. The molecule has 3 aliphatic heterocycles. The highest BCUT2D eigenvalue weighted by Crippen LogP contribution is 2.45. The van der Waals surface area contributed by atoms with Crippen LogP contribution in [0.15, 0.2) is 16.3 Å². The molecule has 0 amide bonds. The van der Waals surface area contributed by atoms with Crippen LogP contribution in [0.25, 0.3) is 0 Å². The average molecular weight is 486 g/mol. The van der Waals surface area contributed by atoms with Gasteiger partial charge in [0.15, 0.2) is 0 Å². The van der Waals surface area contributed by atoms with Crippen LogP contribution < -0.4 is 4.72 Å². The van der Waals surface area contributed by atoms with E-state index in [0.29, 0.717) is 25.7 Å². The first kappa shape index (κ1) is 26.0. The Hall–Kier alpha value is -0.570. The van der Waals surface area contributed by atoms with Crippen LogP contribution >= 0.6 is 11.8 Å². The standard InChI is InChI=1S/C24H43N3O3S2/c1-9-31-11-10-24(7,8)22-25-21(16(2)3)20(23(4,5)6)19-12-17(13-27(19)22)26-32(28,29)18-14-30-15-18/h16-18,21,26H,9-15H2,1-8H3. The lowest BCUT2D eigenvalue weighted by molar-refractivity contribution is 0.0410. The monoisotopic (exact) mass is 485 g/mol. The molecule has 2 fully saturated rings. The van der Waals surface area contributed by atoms with Gasteiger partial charge in [-0.1, -0.05) is 55.4 Å². The van der Waals surface area contributed by atoms with Gasteiger partial charge in [0.2, 0.25) is 10.0 Å². The minimum Gasteiger partial charge on any atom is -0.378 e. The summed E-state index contributed by atoms with van der Waals surface area (Å²) in [6.07, 6.45) is 1.78. The summed E-state index contributed by atoms with van der Waals surface area (Å²) in [6, 6.07) is -0.00498. The summed E-state index contributed by atoms with van der Waals surface area (Å²) in [7, 11) is -3.37. The molecule has 3 aliphatic rings. The molecule has 0 aliphatic carbocycles. The molecule has 0 aromatic heterocycles. The maximum Gasteiger partial charge on any atom is 0.219 e. The highest BCUT2D eigenvalue weighted by molar-refractivity contribution is 7.99. The lowest BCUT2D eigenvalue weighted by Crippen LogP contribution is -2.51. The number of aliphatic imine (C=N–C) groups is 1. The van der Waals surface area contributed by atoms with Crippen molar-refractivity contribution in [2.24, 2.45) is 21.7 Å². The molecular formula is C24H43N3O3S2. The van der Waals surface area contributed by atoms with Crippen LogP contribution in [0.2, 0.25) is 0 Å². The van der Waals surface area contributed by atoms with Gasteiger partial charge in [-0.2, -0.15) is 11.8 Å². The molecule has 3 rings (SSSR count). The Kier molecular flexibility index (Phi) is 7.80. The SMILES string of the molecule is CCSCCC(C)(C)C1=NC(C(C)C)C(C(C)(C)C)=C2CC(NS(=O)(=O)C3COC3)CN12. The van der Waals surface area contributed by atoms with Gasteiger partial charge in [-0.15, -0.1) is 0 Å². The molecule has 0 aromatic rings. The Morgan fingerprint density at radius 1 is 1.22 bits per heavy atom. The summed E-state index contributed by atoms with van der Waals surface area (Å²) < 4.78 is 33.8. The van der Waals surface area contributed by atoms with E-state index in [4.69, 9.17) is 9.73 Å². The summed E-state index contributed by atoms with van der Waals surface area (Å²) in [4.78, 5) is 7.76. The number of thioether (sulfide) groups is 1. The first-order valence-corrected chi connectivity index (χ1v) is 14.7. The molecular weight excluding hydrogens is 442 g/mol. The largest absolute Gasteiger partial charge is 0.378 e. The third-order valence-electron chi connectivity index (χ3n) is 6.79. The normalized spacial score (nSPS) is 25.3. The van der Waals surface area contributed by atoms with E-state index in [1.54, 1.807) is 0 Å². The zero-order valence-electron chi connectivity index (χ0n) is 21.2. The highest BCUT2D eigenvalue weighted by Gasteiger charge is 2.46. The molecule has 32 heavy (non-hydrogen) atoms. The van der Waals surface area contributed by atoms with E-state index < -0.39 is 15.3 Å². The number of rotatable bonds is 9. The van der Waals surface area contributed by atoms with Gasteiger partial charge < -0.3 is 9.64 Å². The number of amidine groups is 1. The van der Waals surface area contributed by atoms with Gasteiger partial charge in [-0.3, -0.25) is 4.99 Å². The third-order valence-corrected chi connectivity index (χ3v) is 9.50. The molecule has 1 N–H and O–H groups in total. The van der Waals surface area contributed by atoms with E-state index in [-0.39, 0.29) is 22.9 Å². The minimum atomic E-state index is -3.37. The summed E-state index contributed by atoms with van der Waals surface area (Å²) in [5.41, 5.74) is 2.55. The molecule has 0 spiro atoms. The summed E-state index contributed by atoms with van der Waals surface area (Å²) in [6.45, 7) is 19.3. The Morgan fingerprint density at radius 2 is 1.88 bits per heavy atom. The zero-order valence-corrected chi connectivity index (χ0v) is 22.8. The molecule has 0 bridgehead atoms. The highest BCUT2D eigenvalue weighted by atomic mass is 32.2. The summed E-state index contributed by atoms with van der Waals surface area (Å²) in [5, 5.41) is -0.421. The lowest BCUT2D eigenvalue weighted by Gasteiger charge is -2.44. The van der Waals surface area contributed by atoms with Crippen molar-refractivity contribution in [3.8, 4) is 0 Å². The molecule has 0 aromatic carbocycles. The van der Waals surface area contributed by atoms with Crippen molar-refractivity contribution in [1.29, 1.82) is 0 Å². The summed E-state index contributed by atoms with van der Waals surface area (Å²) >= 11 is 1.97. The number of nitrogens with one attached hydrogen (secondary N) is 1. The molecule has 2 atom stereocenters. The predicted molar refractivity (Wildman–Crippen MR) is 136 cm³/mol. The van der Waals surface area contributed by atoms with Crippen molar-refractivity contribution in [1.82, 2.24) is 9.62 Å². The van der Waals surface area contributed by atoms with Crippen LogP contribution in [-0.2, 0) is 14.8 Å². The molecule has 3 heterocycles. The van der Waals surface area contributed by atoms with Gasteiger partial charge in [0.25, 0.3) is 0 Å². The Bertz CT molecular complexity index is 852. The Morgan fingerprint density at radius 3 is 2.38 bits per heavy atom. The lowest BCUT2D eigenvalue weighted by atomic mass is 9.75. The average Bonchev–Trinajstić information content (AvgIpc) is 2.98. The van der Waals surface area contributed by atoms with Crippen molar-refractivity contribution in [3.63, 3.8) is 0 Å². The Labute approximate surface area is 200 Å². The fourth-order valence-electron chi connectivity index (χ4n) is 4.93. The molecule has 184 valence electrons. The molecule has 0 radical (unpaired) electrons. The van der Waals surface area contributed by atoms with Crippen molar-refractivity contribution < 1.29 is 13.2 Å². The van der Waals surface area contributed by atoms with Gasteiger partial charge >= 0.3 is 0 Å². The first-order chi connectivity index (χ1) is 14.8. The van der Waals surface area contributed by atoms with E-state index >= 15 is 0 Å². The number of nitrogens with zero attached hydrogens (tertiary/aromatic N) is 2. The molecule has 6 nitrogen and oxygen atoms in total. The molecule has 2 unspecified atom stereocenters. The van der Waals surface area contributed by atoms with E-state index in [0.717, 1.165) is 30.2 Å². The number of hydrogen-bond donors (Lipinski definition) is 1. The smallest absolute Gasteiger partial charge is 0.219 e. The fourth-order valence-corrected chi connectivity index (χ4v) is 7.24. The van der Waals surface area contributed by atoms with Gasteiger partial charge in [0.1, 0.15) is 11.1 Å². The van der Waals surface area contributed by atoms with E-state index in [9.17, 15) is 8.42 Å². The van der Waals surface area contributed by atoms with Crippen molar-refractivity contribution >= 4 is 27.6 Å². The van der Waals surface area contributed by atoms with Crippen molar-refractivity contribution in [2.75, 3.05) is 31.3 Å². The minimum absolute atomic E-state index is 0.0324. The van der Waals surface area contributed by atoms with E-state index in [1.807, 2.05) is 11.8 Å². The van der Waals surface area contributed by atoms with Gasteiger partial charge in [0.05, 0.1) is 19.3 Å². The second kappa shape index (κ2) is 9.59. The number of ether oxygens (including phenoxy) is 1. The first-order valence-electron chi connectivity index (χ1n) is 12.0. The van der Waals surface area contributed by atoms with E-state index in [1.165, 1.54) is 11.3 Å². The second-order valence-corrected chi connectivity index (χ2v) is 14.8. The molecule has 8 heteroatoms. The molecule has 2 saturated heterocycles. The second-order valence-electron chi connectivity index (χ2n) is 11.4. The van der Waals surface area contributed by atoms with Gasteiger partial charge in [-0.25, -0.2) is 13.1 Å². The third kappa shape index (κ3) is 5.39. The van der Waals surface area contributed by atoms with E-state index in [2.05, 4.69) is 65.0 Å². The van der Waals surface area contributed by atoms with Crippen LogP contribution in [0.1, 0.15) is 68.2 Å². The van der Waals surface area contributed by atoms with Crippen LogP contribution in [0, 0.1) is 16.7 Å². The van der Waals surface area contributed by atoms with Crippen molar-refractivity contribution in [2.45, 2.75) is 85.6 Å². The van der Waals surface area contributed by atoms with Gasteiger partial charge in [-0.05, 0) is 34.8 Å². The van der Waals surface area contributed by atoms with Crippen LogP contribution in [0.4, 0.5) is 0 Å².